The van der Waals surface area contributed by atoms with Gasteiger partial charge in [-0.3, -0.25) is 0 Å². The number of sulfonamides is 1. The molecule has 0 amide bonds. The van der Waals surface area contributed by atoms with E-state index in [0.717, 1.165) is 35.9 Å². The lowest BCUT2D eigenvalue weighted by Crippen LogP contribution is -2.49. The maximum absolute atomic E-state index is 13.0. The summed E-state index contributed by atoms with van der Waals surface area (Å²) >= 11 is 0. The van der Waals surface area contributed by atoms with E-state index in [-0.39, 0.29) is 5.75 Å². The number of rotatable bonds is 5. The Kier molecular flexibility index (Phi) is 5.27. The van der Waals surface area contributed by atoms with Crippen LogP contribution < -0.4 is 9.80 Å². The van der Waals surface area contributed by atoms with Crippen LogP contribution >= 0.6 is 0 Å². The Bertz CT molecular complexity index is 1180. The van der Waals surface area contributed by atoms with Gasteiger partial charge in [-0.15, -0.1) is 0 Å². The summed E-state index contributed by atoms with van der Waals surface area (Å²) < 4.78 is 32.8. The minimum absolute atomic E-state index is 0.157. The van der Waals surface area contributed by atoms with Crippen LogP contribution in [0, 0.1) is 6.92 Å². The molecule has 10 heteroatoms. The van der Waals surface area contributed by atoms with Crippen LogP contribution in [0.25, 0.3) is 11.0 Å². The Morgan fingerprint density at radius 1 is 0.935 bits per heavy atom. The highest BCUT2D eigenvalue weighted by atomic mass is 32.2. The molecule has 0 saturated carbocycles. The van der Waals surface area contributed by atoms with Gasteiger partial charge in [-0.1, -0.05) is 17.3 Å². The Balaban J connectivity index is 1.28. The fraction of sp³-hybridized carbons (Fsp3) is 0.476. The number of anilines is 2. The molecule has 1 aromatic carbocycles. The van der Waals surface area contributed by atoms with E-state index in [2.05, 4.69) is 24.9 Å². The van der Waals surface area contributed by atoms with Crippen LogP contribution in [0.3, 0.4) is 0 Å². The zero-order valence-electron chi connectivity index (χ0n) is 17.6. The van der Waals surface area contributed by atoms with E-state index in [0.29, 0.717) is 37.5 Å². The van der Waals surface area contributed by atoms with Crippen molar-refractivity contribution < 1.29 is 12.9 Å². The minimum Gasteiger partial charge on any atom is -0.356 e. The molecule has 4 heterocycles. The number of piperazine rings is 1. The summed E-state index contributed by atoms with van der Waals surface area (Å²) in [6, 6.07) is 9.36. The summed E-state index contributed by atoms with van der Waals surface area (Å²) in [7, 11) is -3.49. The second kappa shape index (κ2) is 8.08. The highest BCUT2D eigenvalue weighted by Crippen LogP contribution is 2.25. The number of aryl methyl sites for hydroxylation is 1. The molecule has 9 nitrogen and oxygen atoms in total. The predicted octanol–water partition coefficient (Wildman–Crippen LogP) is 2.18. The molecule has 0 unspecified atom stereocenters. The van der Waals surface area contributed by atoms with Gasteiger partial charge in [0.25, 0.3) is 0 Å². The molecule has 2 aliphatic rings. The van der Waals surface area contributed by atoms with Crippen LogP contribution in [0.4, 0.5) is 11.6 Å². The second-order valence-electron chi connectivity index (χ2n) is 8.09. The van der Waals surface area contributed by atoms with Gasteiger partial charge >= 0.3 is 0 Å². The molecule has 2 aromatic heterocycles. The van der Waals surface area contributed by atoms with Crippen LogP contribution in [0.5, 0.6) is 0 Å². The molecule has 0 atom stereocenters. The van der Waals surface area contributed by atoms with Gasteiger partial charge in [0.05, 0.1) is 0 Å². The first-order valence-electron chi connectivity index (χ1n) is 10.7. The Morgan fingerprint density at radius 3 is 2.29 bits per heavy atom. The Morgan fingerprint density at radius 2 is 1.58 bits per heavy atom. The van der Waals surface area contributed by atoms with Gasteiger partial charge in [-0.2, -0.15) is 4.31 Å². The fourth-order valence-electron chi connectivity index (χ4n) is 4.31. The van der Waals surface area contributed by atoms with Crippen LogP contribution in [0.1, 0.15) is 24.4 Å². The molecule has 0 N–H and O–H groups in total. The summed E-state index contributed by atoms with van der Waals surface area (Å²) in [6.45, 7) is 5.98. The lowest BCUT2D eigenvalue weighted by atomic mass is 10.2. The van der Waals surface area contributed by atoms with Crippen molar-refractivity contribution in [2.75, 3.05) is 49.1 Å². The van der Waals surface area contributed by atoms with Crippen LogP contribution in [-0.2, 0) is 15.8 Å². The Hall–Kier alpha value is -2.72. The summed E-state index contributed by atoms with van der Waals surface area (Å²) in [4.78, 5) is 13.6. The molecule has 164 valence electrons. The summed E-state index contributed by atoms with van der Waals surface area (Å²) in [5.41, 5.74) is 1.06. The van der Waals surface area contributed by atoms with Crippen LogP contribution in [0.2, 0.25) is 0 Å². The van der Waals surface area contributed by atoms with Crippen LogP contribution in [-0.4, -0.2) is 67.1 Å². The van der Waals surface area contributed by atoms with Gasteiger partial charge in [0.2, 0.25) is 10.0 Å². The molecule has 0 spiro atoms. The maximum atomic E-state index is 13.0. The van der Waals surface area contributed by atoms with Gasteiger partial charge < -0.3 is 14.3 Å². The topological polar surface area (TPSA) is 95.7 Å². The van der Waals surface area contributed by atoms with Crippen molar-refractivity contribution in [1.29, 1.82) is 0 Å². The molecule has 2 aliphatic heterocycles. The molecule has 2 fully saturated rings. The normalized spacial score (nSPS) is 18.2. The standard InChI is InChI=1S/C21H26N6O3S/c1-16-22-20(25-8-4-5-9-25)14-21(23-16)26-10-12-27(13-11-26)31(28,29)15-18-17-6-2-3-7-19(17)30-24-18/h2-3,6-7,14H,4-5,8-13,15H2,1H3. The summed E-state index contributed by atoms with van der Waals surface area (Å²) in [5.74, 6) is 2.42. The first kappa shape index (κ1) is 20.2. The van der Waals surface area contributed by atoms with Gasteiger partial charge in [0.15, 0.2) is 5.58 Å². The van der Waals surface area contributed by atoms with E-state index in [1.807, 2.05) is 31.2 Å². The zero-order valence-corrected chi connectivity index (χ0v) is 18.4. The van der Waals surface area contributed by atoms with Crippen molar-refractivity contribution >= 4 is 32.6 Å². The van der Waals surface area contributed by atoms with E-state index < -0.39 is 10.0 Å². The second-order valence-corrected chi connectivity index (χ2v) is 10.1. The monoisotopic (exact) mass is 442 g/mol. The molecule has 3 aromatic rings. The molecule has 0 aliphatic carbocycles. The average Bonchev–Trinajstić information content (AvgIpc) is 3.44. The summed E-state index contributed by atoms with van der Waals surface area (Å²) in [5, 5.41) is 4.73. The molecule has 5 rings (SSSR count). The Labute approximate surface area is 181 Å². The lowest BCUT2D eigenvalue weighted by molar-refractivity contribution is 0.381. The predicted molar refractivity (Wildman–Crippen MR) is 119 cm³/mol. The molecular formula is C21H26N6O3S. The van der Waals surface area contributed by atoms with Crippen LogP contribution in [0.15, 0.2) is 34.9 Å². The third-order valence-corrected chi connectivity index (χ3v) is 7.76. The first-order chi connectivity index (χ1) is 15.0. The molecule has 0 bridgehead atoms. The van der Waals surface area contributed by atoms with Crippen molar-refractivity contribution in [3.8, 4) is 0 Å². The van der Waals surface area contributed by atoms with Crippen molar-refractivity contribution in [2.45, 2.75) is 25.5 Å². The molecule has 0 radical (unpaired) electrons. The molecule has 2 saturated heterocycles. The maximum Gasteiger partial charge on any atom is 0.220 e. The highest BCUT2D eigenvalue weighted by molar-refractivity contribution is 7.88. The smallest absolute Gasteiger partial charge is 0.220 e. The van der Waals surface area contributed by atoms with E-state index in [1.54, 1.807) is 10.4 Å². The van der Waals surface area contributed by atoms with Crippen molar-refractivity contribution in [3.63, 3.8) is 0 Å². The number of hydrogen-bond acceptors (Lipinski definition) is 8. The van der Waals surface area contributed by atoms with Gasteiger partial charge in [0, 0.05) is 50.7 Å². The van der Waals surface area contributed by atoms with E-state index in [1.165, 1.54) is 12.8 Å². The van der Waals surface area contributed by atoms with Gasteiger partial charge in [-0.05, 0) is 31.9 Å². The quantitative estimate of drug-likeness (QED) is 0.593. The third kappa shape index (κ3) is 4.09. The number of nitrogens with zero attached hydrogens (tertiary/aromatic N) is 6. The van der Waals surface area contributed by atoms with E-state index >= 15 is 0 Å². The molecular weight excluding hydrogens is 416 g/mol. The lowest BCUT2D eigenvalue weighted by Gasteiger charge is -2.35. The number of benzene rings is 1. The number of para-hydroxylation sites is 1. The summed E-state index contributed by atoms with van der Waals surface area (Å²) in [6.07, 6.45) is 2.38. The number of hydrogen-bond donors (Lipinski definition) is 0. The van der Waals surface area contributed by atoms with Crippen molar-refractivity contribution in [3.05, 3.63) is 41.9 Å². The molecule has 31 heavy (non-hydrogen) atoms. The number of aromatic nitrogens is 3. The average molecular weight is 443 g/mol. The van der Waals surface area contributed by atoms with Gasteiger partial charge in [0.1, 0.15) is 28.9 Å². The van der Waals surface area contributed by atoms with Crippen molar-refractivity contribution in [2.24, 2.45) is 0 Å². The first-order valence-corrected chi connectivity index (χ1v) is 12.3. The van der Waals surface area contributed by atoms with E-state index in [9.17, 15) is 8.42 Å². The van der Waals surface area contributed by atoms with Gasteiger partial charge in [-0.25, -0.2) is 18.4 Å². The fourth-order valence-corrected chi connectivity index (χ4v) is 5.76. The van der Waals surface area contributed by atoms with Crippen molar-refractivity contribution in [1.82, 2.24) is 19.4 Å². The third-order valence-electron chi connectivity index (χ3n) is 5.97. The minimum atomic E-state index is -3.49. The van der Waals surface area contributed by atoms with E-state index in [4.69, 9.17) is 4.52 Å². The highest BCUT2D eigenvalue weighted by Gasteiger charge is 2.29. The largest absolute Gasteiger partial charge is 0.356 e. The zero-order chi connectivity index (χ0) is 21.4. The number of fused-ring (bicyclic) bond motifs is 1. The SMILES string of the molecule is Cc1nc(N2CCCC2)cc(N2CCN(S(=O)(=O)Cc3noc4ccccc34)CC2)n1.